The summed E-state index contributed by atoms with van der Waals surface area (Å²) in [5.41, 5.74) is 1.19. The second-order valence-electron chi connectivity index (χ2n) is 2.68. The molecule has 0 saturated heterocycles. The number of thiocarbonyl (C=S) groups is 1. The average Bonchev–Trinajstić information content (AvgIpc) is 2.20. The summed E-state index contributed by atoms with van der Waals surface area (Å²) in [6.45, 7) is 2.48. The zero-order chi connectivity index (χ0) is 10.2. The Morgan fingerprint density at radius 2 is 2.07 bits per heavy atom. The summed E-state index contributed by atoms with van der Waals surface area (Å²) in [5, 5.41) is 0.378. The van der Waals surface area contributed by atoms with E-state index in [1.807, 2.05) is 37.3 Å². The quantitative estimate of drug-likeness (QED) is 0.541. The largest absolute Gasteiger partial charge is 0.477 e. The second kappa shape index (κ2) is 6.17. The number of hydrogen-bond acceptors (Lipinski definition) is 2. The van der Waals surface area contributed by atoms with E-state index >= 15 is 0 Å². The Labute approximate surface area is 90.1 Å². The highest BCUT2D eigenvalue weighted by molar-refractivity contribution is 7.80. The molecule has 0 aliphatic heterocycles. The third-order valence-corrected chi connectivity index (χ3v) is 1.82. The fraction of sp³-hybridized carbons (Fsp3) is 0.250. The highest BCUT2D eigenvalue weighted by Gasteiger charge is 1.88. The maximum Gasteiger partial charge on any atom is 0.237 e. The van der Waals surface area contributed by atoms with Crippen LogP contribution >= 0.6 is 12.2 Å². The van der Waals surface area contributed by atoms with Crippen molar-refractivity contribution in [1.82, 2.24) is 0 Å². The Balaban J connectivity index is 2.44. The molecular weight excluding hydrogens is 192 g/mol. The van der Waals surface area contributed by atoms with Crippen LogP contribution in [0.2, 0.25) is 0 Å². The molecule has 2 heteroatoms. The van der Waals surface area contributed by atoms with Crippen molar-refractivity contribution < 1.29 is 4.74 Å². The van der Waals surface area contributed by atoms with Crippen molar-refractivity contribution in [3.63, 3.8) is 0 Å². The molecule has 0 aliphatic rings. The summed E-state index contributed by atoms with van der Waals surface area (Å²) < 4.78 is 5.04. The van der Waals surface area contributed by atoms with Gasteiger partial charge >= 0.3 is 0 Å². The number of ether oxygens (including phenoxy) is 1. The van der Waals surface area contributed by atoms with Gasteiger partial charge in [-0.1, -0.05) is 36.3 Å². The molecule has 0 unspecified atom stereocenters. The van der Waals surface area contributed by atoms with E-state index in [4.69, 9.17) is 17.0 Å². The molecule has 1 rings (SSSR count). The van der Waals surface area contributed by atoms with Crippen molar-refractivity contribution in [3.8, 4) is 11.8 Å². The standard InChI is InChI=1S/C12H12OS/c1-2-13-12(14)10-6-9-11-7-4-3-5-8-11/h3-5,7-8H,2,9H2,1H3. The monoisotopic (exact) mass is 204 g/mol. The average molecular weight is 204 g/mol. The fourth-order valence-electron chi connectivity index (χ4n) is 0.981. The molecule has 0 fully saturated rings. The first kappa shape index (κ1) is 10.7. The molecule has 0 spiro atoms. The van der Waals surface area contributed by atoms with Gasteiger partial charge in [0.15, 0.2) is 0 Å². The molecule has 0 aromatic heterocycles. The summed E-state index contributed by atoms with van der Waals surface area (Å²) in [7, 11) is 0. The molecule has 0 bridgehead atoms. The second-order valence-corrected chi connectivity index (χ2v) is 3.06. The molecule has 0 amide bonds. The van der Waals surface area contributed by atoms with E-state index in [2.05, 4.69) is 11.8 Å². The van der Waals surface area contributed by atoms with Crippen molar-refractivity contribution in [3.05, 3.63) is 35.9 Å². The third kappa shape index (κ3) is 4.06. The normalized spacial score (nSPS) is 8.64. The topological polar surface area (TPSA) is 9.23 Å². The van der Waals surface area contributed by atoms with E-state index in [-0.39, 0.29) is 0 Å². The molecule has 1 aromatic rings. The van der Waals surface area contributed by atoms with Crippen LogP contribution in [0.3, 0.4) is 0 Å². The number of rotatable bonds is 2. The van der Waals surface area contributed by atoms with Gasteiger partial charge in [0.2, 0.25) is 5.05 Å². The minimum atomic E-state index is 0.378. The lowest BCUT2D eigenvalue weighted by atomic mass is 10.2. The van der Waals surface area contributed by atoms with Crippen LogP contribution in [-0.4, -0.2) is 11.7 Å². The number of benzene rings is 1. The molecule has 72 valence electrons. The van der Waals surface area contributed by atoms with Crippen LogP contribution in [0.25, 0.3) is 0 Å². The van der Waals surface area contributed by atoms with Gasteiger partial charge < -0.3 is 4.74 Å². The van der Waals surface area contributed by atoms with Crippen molar-refractivity contribution in [2.45, 2.75) is 13.3 Å². The summed E-state index contributed by atoms with van der Waals surface area (Å²) in [6, 6.07) is 10.1. The van der Waals surface area contributed by atoms with E-state index in [0.717, 1.165) is 0 Å². The number of hydrogen-bond donors (Lipinski definition) is 0. The molecule has 1 nitrogen and oxygen atoms in total. The lowest BCUT2D eigenvalue weighted by molar-refractivity contribution is 0.341. The van der Waals surface area contributed by atoms with Gasteiger partial charge in [-0.15, -0.1) is 0 Å². The van der Waals surface area contributed by atoms with Crippen molar-refractivity contribution >= 4 is 17.3 Å². The Bertz CT molecular complexity index is 346. The van der Waals surface area contributed by atoms with Crippen LogP contribution in [0.15, 0.2) is 30.3 Å². The van der Waals surface area contributed by atoms with Crippen LogP contribution in [0.1, 0.15) is 12.5 Å². The summed E-state index contributed by atoms with van der Waals surface area (Å²) in [5.74, 6) is 5.76. The van der Waals surface area contributed by atoms with Crippen molar-refractivity contribution in [2.75, 3.05) is 6.61 Å². The van der Waals surface area contributed by atoms with E-state index in [9.17, 15) is 0 Å². The first-order valence-corrected chi connectivity index (χ1v) is 4.93. The Kier molecular flexibility index (Phi) is 4.74. The lowest BCUT2D eigenvalue weighted by Gasteiger charge is -1.95. The van der Waals surface area contributed by atoms with Gasteiger partial charge in [-0.3, -0.25) is 0 Å². The molecule has 0 radical (unpaired) electrons. The highest BCUT2D eigenvalue weighted by Crippen LogP contribution is 1.97. The first-order valence-electron chi connectivity index (χ1n) is 4.52. The molecular formula is C12H12OS. The Morgan fingerprint density at radius 3 is 2.71 bits per heavy atom. The van der Waals surface area contributed by atoms with Crippen LogP contribution in [0, 0.1) is 11.8 Å². The predicted molar refractivity (Wildman–Crippen MR) is 62.1 cm³/mol. The molecule has 0 saturated carbocycles. The van der Waals surface area contributed by atoms with Gasteiger partial charge in [0.1, 0.15) is 0 Å². The Morgan fingerprint density at radius 1 is 1.36 bits per heavy atom. The van der Waals surface area contributed by atoms with E-state index in [1.54, 1.807) is 0 Å². The van der Waals surface area contributed by atoms with Crippen LogP contribution in [0.4, 0.5) is 0 Å². The van der Waals surface area contributed by atoms with E-state index in [1.165, 1.54) is 5.56 Å². The fourth-order valence-corrected chi connectivity index (χ4v) is 1.17. The van der Waals surface area contributed by atoms with Crippen LogP contribution < -0.4 is 0 Å². The molecule has 1 aromatic carbocycles. The van der Waals surface area contributed by atoms with Gasteiger partial charge in [0.05, 0.1) is 6.61 Å². The maximum absolute atomic E-state index is 5.04. The Hall–Kier alpha value is -1.33. The molecule has 0 N–H and O–H groups in total. The van der Waals surface area contributed by atoms with Crippen LogP contribution in [0.5, 0.6) is 0 Å². The van der Waals surface area contributed by atoms with Gasteiger partial charge in [0.25, 0.3) is 0 Å². The molecule has 0 heterocycles. The molecule has 0 atom stereocenters. The maximum atomic E-state index is 5.04. The minimum absolute atomic E-state index is 0.378. The minimum Gasteiger partial charge on any atom is -0.477 e. The zero-order valence-corrected chi connectivity index (χ0v) is 8.93. The van der Waals surface area contributed by atoms with Gasteiger partial charge in [-0.2, -0.15) is 0 Å². The summed E-state index contributed by atoms with van der Waals surface area (Å²) in [6.07, 6.45) is 0.716. The van der Waals surface area contributed by atoms with E-state index in [0.29, 0.717) is 18.1 Å². The SMILES string of the molecule is CCOC(=S)C#CCc1ccccc1. The van der Waals surface area contributed by atoms with Gasteiger partial charge in [-0.05, 0) is 30.6 Å². The first-order chi connectivity index (χ1) is 6.83. The predicted octanol–water partition coefficient (Wildman–Crippen LogP) is 2.60. The molecule has 14 heavy (non-hydrogen) atoms. The lowest BCUT2D eigenvalue weighted by Crippen LogP contribution is -1.96. The van der Waals surface area contributed by atoms with Crippen molar-refractivity contribution in [1.29, 1.82) is 0 Å². The smallest absolute Gasteiger partial charge is 0.237 e. The van der Waals surface area contributed by atoms with Crippen molar-refractivity contribution in [2.24, 2.45) is 0 Å². The summed E-state index contributed by atoms with van der Waals surface area (Å²) >= 11 is 4.87. The van der Waals surface area contributed by atoms with E-state index < -0.39 is 0 Å². The third-order valence-electron chi connectivity index (χ3n) is 1.60. The summed E-state index contributed by atoms with van der Waals surface area (Å²) in [4.78, 5) is 0. The highest BCUT2D eigenvalue weighted by atomic mass is 32.1. The van der Waals surface area contributed by atoms with Crippen LogP contribution in [-0.2, 0) is 11.2 Å². The molecule has 0 aliphatic carbocycles. The van der Waals surface area contributed by atoms with Gasteiger partial charge in [0, 0.05) is 6.42 Å². The zero-order valence-electron chi connectivity index (χ0n) is 8.12. The van der Waals surface area contributed by atoms with Gasteiger partial charge in [-0.25, -0.2) is 0 Å².